The summed E-state index contributed by atoms with van der Waals surface area (Å²) in [5.41, 5.74) is -4.34. The lowest BCUT2D eigenvalue weighted by Crippen LogP contribution is -2.32. The molecule has 0 amide bonds. The summed E-state index contributed by atoms with van der Waals surface area (Å²) in [7, 11) is 1.33. The molecule has 0 heterocycles. The first-order valence-corrected chi connectivity index (χ1v) is 9.18. The molecule has 0 radical (unpaired) electrons. The topological polar surface area (TPSA) is 0 Å². The van der Waals surface area contributed by atoms with Crippen LogP contribution in [0.1, 0.15) is 45.6 Å². The van der Waals surface area contributed by atoms with Crippen LogP contribution >= 0.6 is 0 Å². The smallest absolute Gasteiger partial charge is 0.200 e. The molecule has 0 bridgehead atoms. The van der Waals surface area contributed by atoms with Gasteiger partial charge in [-0.2, -0.15) is 0 Å². The zero-order valence-electron chi connectivity index (χ0n) is 16.6. The Kier molecular flexibility index (Phi) is 6.88. The monoisotopic (exact) mass is 440 g/mol. The zero-order valence-corrected chi connectivity index (χ0v) is 16.6. The number of rotatable bonds is 6. The second-order valence-corrected chi connectivity index (χ2v) is 7.86. The predicted molar refractivity (Wildman–Crippen MR) is 96.1 cm³/mol. The van der Waals surface area contributed by atoms with Crippen LogP contribution in [0.4, 0.5) is 39.5 Å². The lowest BCUT2D eigenvalue weighted by Gasteiger charge is -2.34. The largest absolute Gasteiger partial charge is 0.203 e. The maximum atomic E-state index is 14.9. The Hall–Kier alpha value is -2.13. The third-order valence-corrected chi connectivity index (χ3v) is 4.99. The SMILES string of the molecule is BC(CCC)(CC(C)C)c1c(F)c(F)c(F)c(F)c1-c1c(F)c(F)c(F)c(F)c1F. The summed E-state index contributed by atoms with van der Waals surface area (Å²) in [4.78, 5) is 0. The highest BCUT2D eigenvalue weighted by Gasteiger charge is 2.40. The summed E-state index contributed by atoms with van der Waals surface area (Å²) < 4.78 is 128. The van der Waals surface area contributed by atoms with Gasteiger partial charge < -0.3 is 0 Å². The third kappa shape index (κ3) is 3.80. The summed E-state index contributed by atoms with van der Waals surface area (Å²) in [6, 6.07) is 0. The van der Waals surface area contributed by atoms with E-state index in [4.69, 9.17) is 0 Å². The molecule has 0 spiro atoms. The first-order valence-electron chi connectivity index (χ1n) is 9.18. The van der Waals surface area contributed by atoms with E-state index < -0.39 is 74.4 Å². The lowest BCUT2D eigenvalue weighted by atomic mass is 9.56. The average Bonchev–Trinajstić information content (AvgIpc) is 2.66. The van der Waals surface area contributed by atoms with Gasteiger partial charge in [-0.3, -0.25) is 0 Å². The van der Waals surface area contributed by atoms with E-state index in [1.54, 1.807) is 20.8 Å². The van der Waals surface area contributed by atoms with E-state index in [0.29, 0.717) is 6.42 Å². The van der Waals surface area contributed by atoms with E-state index in [1.165, 1.54) is 7.85 Å². The van der Waals surface area contributed by atoms with Gasteiger partial charge in [0, 0.05) is 11.1 Å². The molecular formula is C20H18BF9. The summed E-state index contributed by atoms with van der Waals surface area (Å²) >= 11 is 0. The molecule has 2 rings (SSSR count). The molecule has 0 nitrogen and oxygen atoms in total. The van der Waals surface area contributed by atoms with Gasteiger partial charge in [-0.25, -0.2) is 39.5 Å². The van der Waals surface area contributed by atoms with Gasteiger partial charge in [0.1, 0.15) is 7.85 Å². The van der Waals surface area contributed by atoms with Crippen molar-refractivity contribution in [2.45, 2.75) is 45.3 Å². The summed E-state index contributed by atoms with van der Waals surface area (Å²) in [6.07, 6.45) is 0.388. The Bertz CT molecular complexity index is 958. The normalized spacial score (nSPS) is 13.8. The highest BCUT2D eigenvalue weighted by atomic mass is 19.2. The van der Waals surface area contributed by atoms with Crippen molar-refractivity contribution in [1.29, 1.82) is 0 Å². The minimum atomic E-state index is -2.52. The Morgan fingerprint density at radius 3 is 1.40 bits per heavy atom. The van der Waals surface area contributed by atoms with Gasteiger partial charge in [-0.05, 0) is 17.7 Å². The maximum Gasteiger partial charge on any atom is 0.200 e. The van der Waals surface area contributed by atoms with Crippen molar-refractivity contribution in [2.24, 2.45) is 5.92 Å². The molecule has 10 heteroatoms. The van der Waals surface area contributed by atoms with E-state index in [0.717, 1.165) is 0 Å². The van der Waals surface area contributed by atoms with Gasteiger partial charge in [-0.15, -0.1) is 0 Å². The molecule has 164 valence electrons. The quantitative estimate of drug-likeness (QED) is 0.215. The van der Waals surface area contributed by atoms with Crippen molar-refractivity contribution in [3.8, 4) is 11.1 Å². The molecule has 0 fully saturated rings. The molecule has 2 aromatic carbocycles. The predicted octanol–water partition coefficient (Wildman–Crippen LogP) is 6.28. The number of hydrogen-bond donors (Lipinski definition) is 0. The van der Waals surface area contributed by atoms with Crippen LogP contribution in [0.25, 0.3) is 11.1 Å². The fourth-order valence-corrected chi connectivity index (χ4v) is 4.04. The van der Waals surface area contributed by atoms with Crippen LogP contribution in [-0.4, -0.2) is 7.85 Å². The van der Waals surface area contributed by atoms with Crippen LogP contribution < -0.4 is 0 Å². The van der Waals surface area contributed by atoms with Crippen molar-refractivity contribution < 1.29 is 39.5 Å². The zero-order chi connectivity index (χ0) is 23.1. The number of hydrogen-bond acceptors (Lipinski definition) is 0. The van der Waals surface area contributed by atoms with Crippen molar-refractivity contribution in [3.05, 3.63) is 57.9 Å². The fourth-order valence-electron chi connectivity index (χ4n) is 4.04. The molecule has 0 aliphatic rings. The van der Waals surface area contributed by atoms with Crippen molar-refractivity contribution >= 4 is 7.85 Å². The number of halogens is 9. The second kappa shape index (κ2) is 8.55. The van der Waals surface area contributed by atoms with Crippen LogP contribution in [0.5, 0.6) is 0 Å². The summed E-state index contributed by atoms with van der Waals surface area (Å²) in [6.45, 7) is 5.00. The van der Waals surface area contributed by atoms with Gasteiger partial charge in [-0.1, -0.05) is 33.6 Å². The standard InChI is InChI=1S/C20H18BF9/c1-4-5-20(21,6-7(2)3)10-8(11(22)15(26)18(29)14(10)25)9-12(23)16(27)19(30)17(28)13(9)24/h7H,4-6,21H2,1-3H3. The van der Waals surface area contributed by atoms with Crippen molar-refractivity contribution in [3.63, 3.8) is 0 Å². The Labute approximate surface area is 168 Å². The van der Waals surface area contributed by atoms with Crippen LogP contribution in [0.2, 0.25) is 0 Å². The first-order chi connectivity index (χ1) is 13.8. The first kappa shape index (κ1) is 24.1. The molecule has 0 aliphatic heterocycles. The molecule has 0 N–H and O–H groups in total. The third-order valence-electron chi connectivity index (χ3n) is 4.99. The van der Waals surface area contributed by atoms with Crippen LogP contribution in [-0.2, 0) is 5.31 Å². The van der Waals surface area contributed by atoms with Crippen molar-refractivity contribution in [2.75, 3.05) is 0 Å². The van der Waals surface area contributed by atoms with E-state index in [2.05, 4.69) is 0 Å². The van der Waals surface area contributed by atoms with Crippen LogP contribution in [0.3, 0.4) is 0 Å². The van der Waals surface area contributed by atoms with Gasteiger partial charge >= 0.3 is 0 Å². The molecule has 0 aliphatic carbocycles. The molecule has 0 saturated heterocycles. The molecule has 30 heavy (non-hydrogen) atoms. The molecule has 0 saturated carbocycles. The Morgan fingerprint density at radius 2 is 1.00 bits per heavy atom. The van der Waals surface area contributed by atoms with Crippen molar-refractivity contribution in [1.82, 2.24) is 0 Å². The van der Waals surface area contributed by atoms with E-state index in [-0.39, 0.29) is 18.8 Å². The Balaban J connectivity index is 3.13. The summed E-state index contributed by atoms with van der Waals surface area (Å²) in [5, 5.41) is -1.50. The average molecular weight is 440 g/mol. The van der Waals surface area contributed by atoms with E-state index in [9.17, 15) is 39.5 Å². The minimum Gasteiger partial charge on any atom is -0.203 e. The highest BCUT2D eigenvalue weighted by Crippen LogP contribution is 2.45. The molecular weight excluding hydrogens is 422 g/mol. The lowest BCUT2D eigenvalue weighted by molar-refractivity contribution is 0.367. The Morgan fingerprint density at radius 1 is 0.633 bits per heavy atom. The van der Waals surface area contributed by atoms with Gasteiger partial charge in [0.15, 0.2) is 46.5 Å². The van der Waals surface area contributed by atoms with Gasteiger partial charge in [0.05, 0.1) is 5.56 Å². The molecule has 0 aromatic heterocycles. The van der Waals surface area contributed by atoms with Crippen LogP contribution in [0.15, 0.2) is 0 Å². The van der Waals surface area contributed by atoms with Crippen LogP contribution in [0, 0.1) is 58.3 Å². The molecule has 2 aromatic rings. The van der Waals surface area contributed by atoms with E-state index >= 15 is 0 Å². The fraction of sp³-hybridized carbons (Fsp3) is 0.400. The second-order valence-electron chi connectivity index (χ2n) is 7.86. The highest BCUT2D eigenvalue weighted by molar-refractivity contribution is 6.16. The molecule has 1 atom stereocenters. The van der Waals surface area contributed by atoms with Gasteiger partial charge in [0.25, 0.3) is 0 Å². The van der Waals surface area contributed by atoms with Gasteiger partial charge in [0.2, 0.25) is 5.82 Å². The molecule has 1 unspecified atom stereocenters. The van der Waals surface area contributed by atoms with E-state index in [1.807, 2.05) is 0 Å². The minimum absolute atomic E-state index is 0.0324. The maximum absolute atomic E-state index is 14.9. The number of benzene rings is 2. The summed E-state index contributed by atoms with van der Waals surface area (Å²) in [5.74, 6) is -21.3.